The molecular weight excluding hydrogens is 434 g/mol. The van der Waals surface area contributed by atoms with Gasteiger partial charge >= 0.3 is 12.4 Å². The number of hydrogen-bond acceptors (Lipinski definition) is 2. The molecule has 3 nitrogen and oxygen atoms in total. The Hall–Kier alpha value is -2.55. The molecule has 0 bridgehead atoms. The van der Waals surface area contributed by atoms with Crippen molar-refractivity contribution in [3.05, 3.63) is 65.2 Å². The van der Waals surface area contributed by atoms with Crippen molar-refractivity contribution in [2.45, 2.75) is 57.0 Å². The second-order valence-corrected chi connectivity index (χ2v) is 8.17. The van der Waals surface area contributed by atoms with E-state index in [9.17, 15) is 31.1 Å². The standard InChI is InChI=1S/C23H24F6N2O/c1-14(16-11-17(22(24,25)26)13-18(12-16)23(27,28)29)31(20-5-3-2-4-6-20)21(32)15-7-9-19(30)10-8-15/h2-6,11-15,19H,7-10,30H2,1H3. The minimum Gasteiger partial charge on any atom is -0.328 e. The minimum atomic E-state index is -4.96. The van der Waals surface area contributed by atoms with E-state index in [4.69, 9.17) is 5.73 Å². The zero-order valence-electron chi connectivity index (χ0n) is 17.4. The lowest BCUT2D eigenvalue weighted by Crippen LogP contribution is -2.41. The quantitative estimate of drug-likeness (QED) is 0.544. The third-order valence-electron chi connectivity index (χ3n) is 5.87. The monoisotopic (exact) mass is 458 g/mol. The van der Waals surface area contributed by atoms with Gasteiger partial charge in [0.1, 0.15) is 0 Å². The van der Waals surface area contributed by atoms with E-state index < -0.39 is 35.4 Å². The van der Waals surface area contributed by atoms with Crippen LogP contribution in [0.3, 0.4) is 0 Å². The summed E-state index contributed by atoms with van der Waals surface area (Å²) in [5.41, 5.74) is 3.27. The molecule has 174 valence electrons. The van der Waals surface area contributed by atoms with Crippen molar-refractivity contribution in [1.82, 2.24) is 0 Å². The Kier molecular flexibility index (Phi) is 6.88. The normalized spacial score (nSPS) is 20.6. The van der Waals surface area contributed by atoms with Gasteiger partial charge in [-0.1, -0.05) is 18.2 Å². The second kappa shape index (κ2) is 9.13. The van der Waals surface area contributed by atoms with Crippen LogP contribution in [0.4, 0.5) is 32.0 Å². The summed E-state index contributed by atoms with van der Waals surface area (Å²) in [5.74, 6) is -0.730. The molecule has 9 heteroatoms. The van der Waals surface area contributed by atoms with Crippen LogP contribution in [0.15, 0.2) is 48.5 Å². The minimum absolute atomic E-state index is 0.0144. The van der Waals surface area contributed by atoms with E-state index in [1.807, 2.05) is 0 Å². The Balaban J connectivity index is 2.06. The summed E-state index contributed by atoms with van der Waals surface area (Å²) in [6.45, 7) is 1.44. The van der Waals surface area contributed by atoms with E-state index in [-0.39, 0.29) is 23.6 Å². The molecule has 1 unspecified atom stereocenters. The maximum Gasteiger partial charge on any atom is 0.416 e. The third kappa shape index (κ3) is 5.43. The number of benzene rings is 2. The van der Waals surface area contributed by atoms with Crippen LogP contribution in [0, 0.1) is 5.92 Å². The van der Waals surface area contributed by atoms with Gasteiger partial charge in [0.15, 0.2) is 0 Å². The predicted molar refractivity (Wildman–Crippen MR) is 109 cm³/mol. The fraction of sp³-hybridized carbons (Fsp3) is 0.435. The number of carbonyl (C=O) groups excluding carboxylic acids is 1. The summed E-state index contributed by atoms with van der Waals surface area (Å²) in [6.07, 6.45) is -7.61. The number of carbonyl (C=O) groups is 1. The molecule has 1 aliphatic rings. The highest BCUT2D eigenvalue weighted by molar-refractivity contribution is 5.95. The summed E-state index contributed by atoms with van der Waals surface area (Å²) < 4.78 is 80.1. The van der Waals surface area contributed by atoms with Crippen molar-refractivity contribution in [3.63, 3.8) is 0 Å². The fourth-order valence-electron chi connectivity index (χ4n) is 4.06. The maximum atomic E-state index is 13.4. The number of nitrogens with two attached hydrogens (primary N) is 1. The van der Waals surface area contributed by atoms with Crippen LogP contribution in [-0.4, -0.2) is 11.9 Å². The van der Waals surface area contributed by atoms with Crippen molar-refractivity contribution < 1.29 is 31.1 Å². The molecule has 2 aromatic carbocycles. The lowest BCUT2D eigenvalue weighted by atomic mass is 9.85. The molecule has 1 saturated carbocycles. The number of rotatable bonds is 4. The van der Waals surface area contributed by atoms with Crippen LogP contribution in [0.2, 0.25) is 0 Å². The largest absolute Gasteiger partial charge is 0.416 e. The zero-order chi connectivity index (χ0) is 23.7. The Morgan fingerprint density at radius 3 is 1.88 bits per heavy atom. The second-order valence-electron chi connectivity index (χ2n) is 8.17. The molecule has 1 aliphatic carbocycles. The van der Waals surface area contributed by atoms with Crippen LogP contribution in [0.5, 0.6) is 0 Å². The van der Waals surface area contributed by atoms with Crippen LogP contribution in [0.25, 0.3) is 0 Å². The average Bonchev–Trinajstić information content (AvgIpc) is 2.73. The number of alkyl halides is 6. The van der Waals surface area contributed by atoms with Gasteiger partial charge < -0.3 is 10.6 Å². The zero-order valence-corrected chi connectivity index (χ0v) is 17.4. The molecule has 3 rings (SSSR count). The number of nitrogens with zero attached hydrogens (tertiary/aromatic N) is 1. The van der Waals surface area contributed by atoms with Gasteiger partial charge in [-0.2, -0.15) is 26.3 Å². The highest BCUT2D eigenvalue weighted by Gasteiger charge is 2.39. The lowest BCUT2D eigenvalue weighted by Gasteiger charge is -2.35. The van der Waals surface area contributed by atoms with E-state index in [2.05, 4.69) is 0 Å². The topological polar surface area (TPSA) is 46.3 Å². The molecule has 0 saturated heterocycles. The van der Waals surface area contributed by atoms with E-state index in [0.717, 1.165) is 0 Å². The van der Waals surface area contributed by atoms with Gasteiger partial charge in [-0.05, 0) is 68.5 Å². The van der Waals surface area contributed by atoms with Crippen LogP contribution in [-0.2, 0) is 17.1 Å². The molecular formula is C23H24F6N2O. The van der Waals surface area contributed by atoms with Crippen molar-refractivity contribution in [2.24, 2.45) is 11.7 Å². The number of halogens is 6. The first-order valence-electron chi connectivity index (χ1n) is 10.3. The first-order valence-corrected chi connectivity index (χ1v) is 10.3. The molecule has 0 spiro atoms. The van der Waals surface area contributed by atoms with Crippen molar-refractivity contribution >= 4 is 11.6 Å². The predicted octanol–water partition coefficient (Wildman–Crippen LogP) is 6.34. The van der Waals surface area contributed by atoms with Gasteiger partial charge in [0.05, 0.1) is 17.2 Å². The maximum absolute atomic E-state index is 13.4. The smallest absolute Gasteiger partial charge is 0.328 e. The molecule has 2 N–H and O–H groups in total. The first-order chi connectivity index (χ1) is 14.9. The molecule has 0 aromatic heterocycles. The van der Waals surface area contributed by atoms with E-state index in [0.29, 0.717) is 43.5 Å². The van der Waals surface area contributed by atoms with Gasteiger partial charge in [-0.25, -0.2) is 0 Å². The van der Waals surface area contributed by atoms with Gasteiger partial charge in [-0.3, -0.25) is 4.79 Å². The molecule has 32 heavy (non-hydrogen) atoms. The molecule has 1 atom stereocenters. The summed E-state index contributed by atoms with van der Waals surface area (Å²) in [6, 6.07) is 8.64. The summed E-state index contributed by atoms with van der Waals surface area (Å²) in [5, 5.41) is 0. The van der Waals surface area contributed by atoms with Crippen molar-refractivity contribution in [1.29, 1.82) is 0 Å². The number of amides is 1. The molecule has 0 heterocycles. The first kappa shape index (κ1) is 24.1. The molecule has 1 fully saturated rings. The molecule has 0 radical (unpaired) electrons. The Morgan fingerprint density at radius 2 is 1.41 bits per heavy atom. The van der Waals surface area contributed by atoms with Crippen LogP contribution < -0.4 is 10.6 Å². The lowest BCUT2D eigenvalue weighted by molar-refractivity contribution is -0.143. The highest BCUT2D eigenvalue weighted by atomic mass is 19.4. The Labute approximate surface area is 182 Å². The number of anilines is 1. The van der Waals surface area contributed by atoms with Gasteiger partial charge in [-0.15, -0.1) is 0 Å². The summed E-state index contributed by atoms with van der Waals surface area (Å²) in [7, 11) is 0. The molecule has 0 aliphatic heterocycles. The Morgan fingerprint density at radius 1 is 0.906 bits per heavy atom. The van der Waals surface area contributed by atoms with E-state index >= 15 is 0 Å². The fourth-order valence-corrected chi connectivity index (χ4v) is 4.06. The number of hydrogen-bond donors (Lipinski definition) is 1. The van der Waals surface area contributed by atoms with Crippen molar-refractivity contribution in [3.8, 4) is 0 Å². The van der Waals surface area contributed by atoms with Gasteiger partial charge in [0, 0.05) is 17.6 Å². The van der Waals surface area contributed by atoms with Gasteiger partial charge in [0.2, 0.25) is 5.91 Å². The SMILES string of the molecule is CC(c1cc(C(F)(F)F)cc(C(F)(F)F)c1)N(C(=O)C1CCC(N)CC1)c1ccccc1. The Bertz CT molecular complexity index is 901. The average molecular weight is 458 g/mol. The summed E-state index contributed by atoms with van der Waals surface area (Å²) >= 11 is 0. The number of para-hydroxylation sites is 1. The van der Waals surface area contributed by atoms with Gasteiger partial charge in [0.25, 0.3) is 0 Å². The molecule has 2 aromatic rings. The highest BCUT2D eigenvalue weighted by Crippen LogP contribution is 2.40. The molecule has 1 amide bonds. The van der Waals surface area contributed by atoms with Crippen molar-refractivity contribution in [2.75, 3.05) is 4.90 Å². The summed E-state index contributed by atoms with van der Waals surface area (Å²) in [4.78, 5) is 14.7. The van der Waals surface area contributed by atoms with Crippen LogP contribution in [0.1, 0.15) is 55.3 Å². The van der Waals surface area contributed by atoms with E-state index in [1.54, 1.807) is 30.3 Å². The van der Waals surface area contributed by atoms with E-state index in [1.165, 1.54) is 11.8 Å². The van der Waals surface area contributed by atoms with Crippen LogP contribution >= 0.6 is 0 Å². The third-order valence-corrected chi connectivity index (χ3v) is 5.87.